The van der Waals surface area contributed by atoms with Gasteiger partial charge in [-0.25, -0.2) is 4.79 Å². The normalized spacial score (nSPS) is 24.9. The lowest BCUT2D eigenvalue weighted by Gasteiger charge is -2.01. The Bertz CT molecular complexity index is 133. The second kappa shape index (κ2) is 2.53. The van der Waals surface area contributed by atoms with Gasteiger partial charge in [0.25, 0.3) is 0 Å². The Labute approximate surface area is 54.1 Å². The largest absolute Gasteiger partial charge is 0.336 e. The zero-order valence-corrected chi connectivity index (χ0v) is 5.18. The molecule has 0 aromatic rings. The van der Waals surface area contributed by atoms with Gasteiger partial charge in [0.05, 0.1) is 6.04 Å². The summed E-state index contributed by atoms with van der Waals surface area (Å²) in [6.07, 6.45) is 2.65. The molecular formula is C6H10N2O. The molecule has 2 amide bonds. The molecule has 1 fully saturated rings. The fourth-order valence-electron chi connectivity index (χ4n) is 0.847. The molecule has 1 atom stereocenters. The minimum absolute atomic E-state index is 0.0677. The van der Waals surface area contributed by atoms with Crippen molar-refractivity contribution in [1.29, 1.82) is 0 Å². The van der Waals surface area contributed by atoms with E-state index in [2.05, 4.69) is 17.2 Å². The molecule has 0 radical (unpaired) electrons. The summed E-state index contributed by atoms with van der Waals surface area (Å²) in [6.45, 7) is 4.30. The van der Waals surface area contributed by atoms with E-state index in [1.54, 1.807) is 6.08 Å². The standard InChI is InChI=1S/C6H10N2O/c1-2-3-5-4-7-6(9)8-5/h2,5H,1,3-4H2,(H2,7,8,9). The number of carbonyl (C=O) groups excluding carboxylic acids is 1. The summed E-state index contributed by atoms with van der Waals surface area (Å²) < 4.78 is 0. The number of hydrogen-bond acceptors (Lipinski definition) is 1. The highest BCUT2D eigenvalue weighted by molar-refractivity contribution is 5.76. The molecule has 3 heteroatoms. The van der Waals surface area contributed by atoms with Gasteiger partial charge in [0.1, 0.15) is 0 Å². The van der Waals surface area contributed by atoms with Crippen LogP contribution in [-0.2, 0) is 0 Å². The fourth-order valence-corrected chi connectivity index (χ4v) is 0.847. The number of amides is 2. The van der Waals surface area contributed by atoms with Gasteiger partial charge in [-0.2, -0.15) is 0 Å². The number of carbonyl (C=O) groups is 1. The fraction of sp³-hybridized carbons (Fsp3) is 0.500. The number of nitrogens with one attached hydrogen (secondary N) is 2. The second-order valence-corrected chi connectivity index (χ2v) is 2.08. The minimum Gasteiger partial charge on any atom is -0.336 e. The Kier molecular flexibility index (Phi) is 1.72. The van der Waals surface area contributed by atoms with Crippen LogP contribution < -0.4 is 10.6 Å². The number of urea groups is 1. The molecule has 50 valence electrons. The maximum atomic E-state index is 10.5. The predicted molar refractivity (Wildman–Crippen MR) is 35.1 cm³/mol. The van der Waals surface area contributed by atoms with E-state index in [1.807, 2.05) is 0 Å². The molecular weight excluding hydrogens is 116 g/mol. The molecule has 0 aromatic heterocycles. The maximum absolute atomic E-state index is 10.5. The molecule has 1 unspecified atom stereocenters. The van der Waals surface area contributed by atoms with Crippen molar-refractivity contribution in [2.45, 2.75) is 12.5 Å². The number of hydrogen-bond donors (Lipinski definition) is 2. The summed E-state index contributed by atoms with van der Waals surface area (Å²) in [7, 11) is 0. The van der Waals surface area contributed by atoms with Crippen molar-refractivity contribution < 1.29 is 4.79 Å². The highest BCUT2D eigenvalue weighted by Gasteiger charge is 2.17. The van der Waals surface area contributed by atoms with Crippen molar-refractivity contribution in [3.63, 3.8) is 0 Å². The van der Waals surface area contributed by atoms with Gasteiger partial charge in [0, 0.05) is 6.54 Å². The molecule has 9 heavy (non-hydrogen) atoms. The number of rotatable bonds is 2. The third kappa shape index (κ3) is 1.45. The van der Waals surface area contributed by atoms with Crippen LogP contribution in [0.2, 0.25) is 0 Å². The summed E-state index contributed by atoms with van der Waals surface area (Å²) in [5, 5.41) is 5.39. The Balaban J connectivity index is 2.29. The molecule has 0 aliphatic carbocycles. The Morgan fingerprint density at radius 1 is 1.89 bits per heavy atom. The molecule has 0 saturated carbocycles. The third-order valence-electron chi connectivity index (χ3n) is 1.30. The van der Waals surface area contributed by atoms with E-state index >= 15 is 0 Å². The van der Waals surface area contributed by atoms with Crippen molar-refractivity contribution >= 4 is 6.03 Å². The van der Waals surface area contributed by atoms with Gasteiger partial charge in [-0.15, -0.1) is 6.58 Å². The summed E-state index contributed by atoms with van der Waals surface area (Å²) in [6, 6.07) is 0.192. The SMILES string of the molecule is C=CCC1CNC(=O)N1. The molecule has 0 spiro atoms. The van der Waals surface area contributed by atoms with Gasteiger partial charge >= 0.3 is 6.03 Å². The van der Waals surface area contributed by atoms with E-state index in [1.165, 1.54) is 0 Å². The smallest absolute Gasteiger partial charge is 0.315 e. The lowest BCUT2D eigenvalue weighted by atomic mass is 10.2. The highest BCUT2D eigenvalue weighted by atomic mass is 16.2. The molecule has 1 aliphatic rings. The lowest BCUT2D eigenvalue weighted by molar-refractivity contribution is 0.247. The molecule has 0 aromatic carbocycles. The van der Waals surface area contributed by atoms with Crippen LogP contribution in [0.5, 0.6) is 0 Å². The average Bonchev–Trinajstić information content (AvgIpc) is 2.17. The molecule has 1 saturated heterocycles. The van der Waals surface area contributed by atoms with Gasteiger partial charge in [0.15, 0.2) is 0 Å². The van der Waals surface area contributed by atoms with Crippen LogP contribution in [0.25, 0.3) is 0 Å². The Hall–Kier alpha value is -0.990. The van der Waals surface area contributed by atoms with E-state index < -0.39 is 0 Å². The van der Waals surface area contributed by atoms with Crippen LogP contribution in [0.4, 0.5) is 4.79 Å². The highest BCUT2D eigenvalue weighted by Crippen LogP contribution is 1.95. The van der Waals surface area contributed by atoms with E-state index in [0.29, 0.717) is 0 Å². The quantitative estimate of drug-likeness (QED) is 0.511. The first kappa shape index (κ1) is 6.13. The zero-order chi connectivity index (χ0) is 6.69. The summed E-state index contributed by atoms with van der Waals surface area (Å²) in [5.74, 6) is 0. The topological polar surface area (TPSA) is 41.1 Å². The maximum Gasteiger partial charge on any atom is 0.315 e. The first-order valence-corrected chi connectivity index (χ1v) is 2.98. The van der Waals surface area contributed by atoms with Crippen LogP contribution in [-0.4, -0.2) is 18.6 Å². The molecule has 1 rings (SSSR count). The van der Waals surface area contributed by atoms with Crippen molar-refractivity contribution in [2.24, 2.45) is 0 Å². The van der Waals surface area contributed by atoms with Gasteiger partial charge in [-0.1, -0.05) is 6.08 Å². The van der Waals surface area contributed by atoms with E-state index in [-0.39, 0.29) is 12.1 Å². The summed E-state index contributed by atoms with van der Waals surface area (Å²) in [4.78, 5) is 10.5. The van der Waals surface area contributed by atoms with E-state index in [9.17, 15) is 4.79 Å². The van der Waals surface area contributed by atoms with Crippen molar-refractivity contribution in [3.8, 4) is 0 Å². The van der Waals surface area contributed by atoms with Crippen LogP contribution in [0.1, 0.15) is 6.42 Å². The minimum atomic E-state index is -0.0677. The molecule has 0 bridgehead atoms. The van der Waals surface area contributed by atoms with Crippen LogP contribution in [0.3, 0.4) is 0 Å². The zero-order valence-electron chi connectivity index (χ0n) is 5.18. The van der Waals surface area contributed by atoms with E-state index in [0.717, 1.165) is 13.0 Å². The van der Waals surface area contributed by atoms with Crippen molar-refractivity contribution in [3.05, 3.63) is 12.7 Å². The summed E-state index contributed by atoms with van der Waals surface area (Å²) in [5.41, 5.74) is 0. The monoisotopic (exact) mass is 126 g/mol. The Morgan fingerprint density at radius 3 is 3.11 bits per heavy atom. The van der Waals surface area contributed by atoms with Crippen LogP contribution in [0.15, 0.2) is 12.7 Å². The first-order valence-electron chi connectivity index (χ1n) is 2.98. The lowest BCUT2D eigenvalue weighted by Crippen LogP contribution is -2.25. The van der Waals surface area contributed by atoms with E-state index in [4.69, 9.17) is 0 Å². The van der Waals surface area contributed by atoms with Crippen molar-refractivity contribution in [2.75, 3.05) is 6.54 Å². The third-order valence-corrected chi connectivity index (χ3v) is 1.30. The molecule has 2 N–H and O–H groups in total. The second-order valence-electron chi connectivity index (χ2n) is 2.08. The van der Waals surface area contributed by atoms with Gasteiger partial charge in [-0.3, -0.25) is 0 Å². The van der Waals surface area contributed by atoms with Gasteiger partial charge in [0.2, 0.25) is 0 Å². The summed E-state index contributed by atoms with van der Waals surface area (Å²) >= 11 is 0. The average molecular weight is 126 g/mol. The molecule has 1 heterocycles. The van der Waals surface area contributed by atoms with Crippen LogP contribution in [0, 0.1) is 0 Å². The van der Waals surface area contributed by atoms with Crippen molar-refractivity contribution in [1.82, 2.24) is 10.6 Å². The Morgan fingerprint density at radius 2 is 2.67 bits per heavy atom. The predicted octanol–water partition coefficient (Wildman–Crippen LogP) is 0.244. The molecule has 1 aliphatic heterocycles. The van der Waals surface area contributed by atoms with Crippen LogP contribution >= 0.6 is 0 Å². The van der Waals surface area contributed by atoms with Gasteiger partial charge < -0.3 is 10.6 Å². The van der Waals surface area contributed by atoms with Gasteiger partial charge in [-0.05, 0) is 6.42 Å². The molecule has 3 nitrogen and oxygen atoms in total. The first-order chi connectivity index (χ1) is 4.33.